The monoisotopic (exact) mass is 432 g/mol. The molecule has 5 rings (SSSR count). The van der Waals surface area contributed by atoms with Crippen molar-refractivity contribution < 1.29 is 9.47 Å². The van der Waals surface area contributed by atoms with Crippen LogP contribution in [0.5, 0.6) is 11.6 Å². The van der Waals surface area contributed by atoms with E-state index in [9.17, 15) is 0 Å². The molecule has 0 amide bonds. The first-order valence-corrected chi connectivity index (χ1v) is 10.9. The van der Waals surface area contributed by atoms with Crippen molar-refractivity contribution in [2.24, 2.45) is 0 Å². The molecule has 1 aliphatic rings. The van der Waals surface area contributed by atoms with Crippen molar-refractivity contribution >= 4 is 22.4 Å². The van der Waals surface area contributed by atoms with E-state index < -0.39 is 0 Å². The summed E-state index contributed by atoms with van der Waals surface area (Å²) in [4.78, 5) is 12.0. The van der Waals surface area contributed by atoms with Crippen LogP contribution in [-0.2, 0) is 6.54 Å². The van der Waals surface area contributed by atoms with E-state index >= 15 is 0 Å². The van der Waals surface area contributed by atoms with Crippen molar-refractivity contribution in [2.45, 2.75) is 32.2 Å². The van der Waals surface area contributed by atoms with Crippen molar-refractivity contribution in [2.75, 3.05) is 33.0 Å². The zero-order valence-electron chi connectivity index (χ0n) is 18.7. The average molecular weight is 433 g/mol. The quantitative estimate of drug-likeness (QED) is 0.516. The highest BCUT2D eigenvalue weighted by atomic mass is 16.5. The van der Waals surface area contributed by atoms with Crippen LogP contribution in [0.3, 0.4) is 0 Å². The van der Waals surface area contributed by atoms with E-state index in [1.165, 1.54) is 0 Å². The summed E-state index contributed by atoms with van der Waals surface area (Å²) in [5.74, 6) is 2.51. The average Bonchev–Trinajstić information content (AvgIpc) is 3.19. The van der Waals surface area contributed by atoms with Crippen molar-refractivity contribution in [3.05, 3.63) is 53.3 Å². The fraction of sp³-hybridized carbons (Fsp3) is 0.375. The molecule has 0 bridgehead atoms. The van der Waals surface area contributed by atoms with Gasteiger partial charge in [0.05, 0.1) is 25.4 Å². The van der Waals surface area contributed by atoms with Crippen LogP contribution in [0.1, 0.15) is 35.7 Å². The minimum Gasteiger partial charge on any atom is -0.497 e. The SMILES string of the molecule is COc1ccc2cc(CN3CCC(c4cc(N)n5nc(C)cc5n4)CC3)c(OC)nc2c1. The van der Waals surface area contributed by atoms with Crippen LogP contribution in [0.2, 0.25) is 0 Å². The van der Waals surface area contributed by atoms with Crippen LogP contribution >= 0.6 is 0 Å². The fourth-order valence-electron chi connectivity index (χ4n) is 4.56. The predicted molar refractivity (Wildman–Crippen MR) is 124 cm³/mol. The van der Waals surface area contributed by atoms with Crippen LogP contribution in [-0.4, -0.2) is 51.8 Å². The van der Waals surface area contributed by atoms with Gasteiger partial charge in [0.1, 0.15) is 11.6 Å². The smallest absolute Gasteiger partial charge is 0.218 e. The molecule has 1 aromatic carbocycles. The molecule has 0 saturated carbocycles. The maximum atomic E-state index is 6.22. The van der Waals surface area contributed by atoms with Gasteiger partial charge >= 0.3 is 0 Å². The van der Waals surface area contributed by atoms with Gasteiger partial charge in [0, 0.05) is 47.3 Å². The Morgan fingerprint density at radius 3 is 2.59 bits per heavy atom. The molecule has 8 nitrogen and oxygen atoms in total. The van der Waals surface area contributed by atoms with Gasteiger partial charge in [-0.3, -0.25) is 4.90 Å². The number of hydrogen-bond donors (Lipinski definition) is 1. The lowest BCUT2D eigenvalue weighted by atomic mass is 9.93. The number of piperidine rings is 1. The van der Waals surface area contributed by atoms with Crippen molar-refractivity contribution in [1.82, 2.24) is 24.5 Å². The van der Waals surface area contributed by atoms with E-state index in [0.29, 0.717) is 17.6 Å². The molecule has 32 heavy (non-hydrogen) atoms. The summed E-state index contributed by atoms with van der Waals surface area (Å²) in [6, 6.07) is 12.1. The fourth-order valence-corrected chi connectivity index (χ4v) is 4.56. The van der Waals surface area contributed by atoms with Gasteiger partial charge in [-0.05, 0) is 51.1 Å². The Balaban J connectivity index is 1.31. The summed E-state index contributed by atoms with van der Waals surface area (Å²) in [5, 5.41) is 5.49. The second-order valence-electron chi connectivity index (χ2n) is 8.43. The predicted octanol–water partition coefficient (Wildman–Crippen LogP) is 3.56. The lowest BCUT2D eigenvalue weighted by Crippen LogP contribution is -2.33. The number of nitrogen functional groups attached to an aromatic ring is 1. The molecule has 1 saturated heterocycles. The van der Waals surface area contributed by atoms with E-state index in [2.05, 4.69) is 16.1 Å². The van der Waals surface area contributed by atoms with Gasteiger partial charge in [0.15, 0.2) is 5.65 Å². The molecule has 0 spiro atoms. The molecule has 4 heterocycles. The van der Waals surface area contributed by atoms with E-state index in [-0.39, 0.29) is 0 Å². The third-order valence-electron chi connectivity index (χ3n) is 6.25. The van der Waals surface area contributed by atoms with E-state index in [1.807, 2.05) is 37.3 Å². The molecule has 8 heteroatoms. The summed E-state index contributed by atoms with van der Waals surface area (Å²) in [5.41, 5.74) is 11.0. The van der Waals surface area contributed by atoms with Gasteiger partial charge in [-0.25, -0.2) is 9.97 Å². The number of anilines is 1. The summed E-state index contributed by atoms with van der Waals surface area (Å²) in [6.45, 7) is 4.74. The Morgan fingerprint density at radius 2 is 1.84 bits per heavy atom. The van der Waals surface area contributed by atoms with Crippen LogP contribution in [0, 0.1) is 6.92 Å². The molecule has 166 valence electrons. The number of ether oxygens (including phenoxy) is 2. The first-order chi connectivity index (χ1) is 15.5. The lowest BCUT2D eigenvalue weighted by Gasteiger charge is -2.32. The second kappa shape index (κ2) is 8.27. The van der Waals surface area contributed by atoms with E-state index in [1.54, 1.807) is 18.7 Å². The number of benzene rings is 1. The van der Waals surface area contributed by atoms with Gasteiger partial charge in [-0.15, -0.1) is 0 Å². The topological polar surface area (TPSA) is 90.8 Å². The summed E-state index contributed by atoms with van der Waals surface area (Å²) >= 11 is 0. The Morgan fingerprint density at radius 1 is 1.03 bits per heavy atom. The summed E-state index contributed by atoms with van der Waals surface area (Å²) < 4.78 is 12.6. The van der Waals surface area contributed by atoms with Gasteiger partial charge in [-0.2, -0.15) is 9.61 Å². The van der Waals surface area contributed by atoms with Crippen LogP contribution in [0.15, 0.2) is 36.4 Å². The Hall–Kier alpha value is -3.39. The molecule has 0 atom stereocenters. The van der Waals surface area contributed by atoms with Gasteiger partial charge in [-0.1, -0.05) is 0 Å². The zero-order chi connectivity index (χ0) is 22.2. The van der Waals surface area contributed by atoms with Gasteiger partial charge in [0.2, 0.25) is 5.88 Å². The maximum absolute atomic E-state index is 6.22. The van der Waals surface area contributed by atoms with Gasteiger partial charge < -0.3 is 15.2 Å². The van der Waals surface area contributed by atoms with Crippen molar-refractivity contribution in [1.29, 1.82) is 0 Å². The zero-order valence-corrected chi connectivity index (χ0v) is 18.7. The van der Waals surface area contributed by atoms with Gasteiger partial charge in [0.25, 0.3) is 0 Å². The number of pyridine rings is 1. The third-order valence-corrected chi connectivity index (χ3v) is 6.25. The largest absolute Gasteiger partial charge is 0.497 e. The molecule has 1 fully saturated rings. The van der Waals surface area contributed by atoms with E-state index in [0.717, 1.165) is 71.7 Å². The van der Waals surface area contributed by atoms with E-state index in [4.69, 9.17) is 25.2 Å². The number of aromatic nitrogens is 4. The highest BCUT2D eigenvalue weighted by Crippen LogP contribution is 2.31. The van der Waals surface area contributed by atoms with Crippen LogP contribution in [0.25, 0.3) is 16.6 Å². The molecule has 0 radical (unpaired) electrons. The van der Waals surface area contributed by atoms with Crippen molar-refractivity contribution in [3.63, 3.8) is 0 Å². The third kappa shape index (κ3) is 3.82. The molecule has 2 N–H and O–H groups in total. The number of methoxy groups -OCH3 is 2. The molecule has 1 aliphatic heterocycles. The molecule has 0 unspecified atom stereocenters. The molecule has 0 aliphatic carbocycles. The molecule has 3 aromatic heterocycles. The first-order valence-electron chi connectivity index (χ1n) is 10.9. The number of nitrogens with zero attached hydrogens (tertiary/aromatic N) is 5. The minimum absolute atomic E-state index is 0.401. The Kier molecular flexibility index (Phi) is 5.30. The molecule has 4 aromatic rings. The number of hydrogen-bond acceptors (Lipinski definition) is 7. The standard InChI is InChI=1S/C24H28N6O2/c1-15-10-23-26-21(13-22(25)30(23)28-15)16-6-8-29(9-7-16)14-18-11-17-4-5-19(31-2)12-20(17)27-24(18)32-3/h4-5,10-13,16H,6-9,14,25H2,1-3H3. The molecular formula is C24H28N6O2. The van der Waals surface area contributed by atoms with Crippen molar-refractivity contribution in [3.8, 4) is 11.6 Å². The number of rotatable bonds is 5. The Labute approximate surface area is 187 Å². The molecular weight excluding hydrogens is 404 g/mol. The van der Waals surface area contributed by atoms with Crippen LogP contribution < -0.4 is 15.2 Å². The maximum Gasteiger partial charge on any atom is 0.218 e. The number of fused-ring (bicyclic) bond motifs is 2. The number of aryl methyl sites for hydroxylation is 1. The summed E-state index contributed by atoms with van der Waals surface area (Å²) in [6.07, 6.45) is 2.08. The Bertz CT molecular complexity index is 1280. The summed E-state index contributed by atoms with van der Waals surface area (Å²) in [7, 11) is 3.34. The highest BCUT2D eigenvalue weighted by molar-refractivity contribution is 5.81. The highest BCUT2D eigenvalue weighted by Gasteiger charge is 2.24. The minimum atomic E-state index is 0.401. The first kappa shape index (κ1) is 20.5. The lowest BCUT2D eigenvalue weighted by molar-refractivity contribution is 0.200. The normalized spacial score (nSPS) is 15.5. The number of nitrogens with two attached hydrogens (primary N) is 1. The second-order valence-corrected chi connectivity index (χ2v) is 8.43. The van der Waals surface area contributed by atoms with Crippen LogP contribution in [0.4, 0.5) is 5.82 Å². The number of likely N-dealkylation sites (tertiary alicyclic amines) is 1.